The molecule has 1 fully saturated rings. The van der Waals surface area contributed by atoms with Gasteiger partial charge in [0.2, 0.25) is 0 Å². The molecule has 1 heterocycles. The van der Waals surface area contributed by atoms with E-state index < -0.39 is 11.7 Å². The first kappa shape index (κ1) is 13.3. The van der Waals surface area contributed by atoms with E-state index in [1.807, 2.05) is 0 Å². The summed E-state index contributed by atoms with van der Waals surface area (Å²) in [6.07, 6.45) is -2.39. The highest BCUT2D eigenvalue weighted by Gasteiger charge is 2.34. The lowest BCUT2D eigenvalue weighted by molar-refractivity contribution is -0.137. The number of nitrogens with one attached hydrogen (secondary N) is 1. The van der Waals surface area contributed by atoms with Crippen molar-refractivity contribution in [1.29, 1.82) is 0 Å². The first-order valence-corrected chi connectivity index (χ1v) is 6.64. The van der Waals surface area contributed by atoms with E-state index in [-0.39, 0.29) is 5.56 Å². The minimum Gasteiger partial charge on any atom is -0.343 e. The van der Waals surface area contributed by atoms with Crippen molar-refractivity contribution in [1.82, 2.24) is 9.97 Å². The summed E-state index contributed by atoms with van der Waals surface area (Å²) in [6, 6.07) is 6.96. The summed E-state index contributed by atoms with van der Waals surface area (Å²) >= 11 is 5.06. The molecular formula is C14H11F3N2S. The molecule has 0 bridgehead atoms. The van der Waals surface area contributed by atoms with Gasteiger partial charge in [0, 0.05) is 11.5 Å². The Morgan fingerprint density at radius 2 is 1.90 bits per heavy atom. The van der Waals surface area contributed by atoms with Gasteiger partial charge in [-0.2, -0.15) is 13.2 Å². The van der Waals surface area contributed by atoms with Crippen LogP contribution in [0.2, 0.25) is 0 Å². The average molecular weight is 296 g/mol. The molecule has 2 aromatic rings. The third kappa shape index (κ3) is 2.60. The van der Waals surface area contributed by atoms with E-state index in [4.69, 9.17) is 12.2 Å². The number of H-pyrrole nitrogens is 1. The van der Waals surface area contributed by atoms with E-state index in [1.54, 1.807) is 6.07 Å². The van der Waals surface area contributed by atoms with E-state index in [1.165, 1.54) is 18.2 Å². The van der Waals surface area contributed by atoms with Crippen molar-refractivity contribution in [3.8, 4) is 11.3 Å². The molecule has 1 N–H and O–H groups in total. The van der Waals surface area contributed by atoms with Crippen LogP contribution in [0, 0.1) is 4.64 Å². The Morgan fingerprint density at radius 1 is 1.20 bits per heavy atom. The second-order valence-corrected chi connectivity index (χ2v) is 5.25. The van der Waals surface area contributed by atoms with Crippen LogP contribution in [0.15, 0.2) is 30.3 Å². The van der Waals surface area contributed by atoms with Crippen molar-refractivity contribution in [3.05, 3.63) is 46.4 Å². The fourth-order valence-corrected chi connectivity index (χ4v) is 2.35. The summed E-state index contributed by atoms with van der Waals surface area (Å²) in [7, 11) is 0. The van der Waals surface area contributed by atoms with Gasteiger partial charge in [0.1, 0.15) is 10.5 Å². The molecule has 1 saturated carbocycles. The Hall–Kier alpha value is -1.69. The van der Waals surface area contributed by atoms with Crippen molar-refractivity contribution in [2.45, 2.75) is 24.9 Å². The Balaban J connectivity index is 2.16. The lowest BCUT2D eigenvalue weighted by atomic mass is 10.0. The molecule has 1 aromatic carbocycles. The molecule has 2 nitrogen and oxygen atoms in total. The minimum atomic E-state index is -4.39. The molecule has 0 unspecified atom stereocenters. The number of alkyl halides is 3. The topological polar surface area (TPSA) is 28.7 Å². The van der Waals surface area contributed by atoms with Gasteiger partial charge < -0.3 is 4.98 Å². The monoisotopic (exact) mass is 296 g/mol. The lowest BCUT2D eigenvalue weighted by Crippen LogP contribution is -2.08. The second kappa shape index (κ2) is 4.70. The van der Waals surface area contributed by atoms with Crippen molar-refractivity contribution >= 4 is 12.2 Å². The van der Waals surface area contributed by atoms with Gasteiger partial charge in [-0.1, -0.05) is 30.4 Å². The molecule has 20 heavy (non-hydrogen) atoms. The van der Waals surface area contributed by atoms with E-state index in [2.05, 4.69) is 9.97 Å². The molecule has 0 amide bonds. The summed E-state index contributed by atoms with van der Waals surface area (Å²) in [6.45, 7) is 0. The Kier molecular flexibility index (Phi) is 3.12. The number of aromatic nitrogens is 2. The summed E-state index contributed by atoms with van der Waals surface area (Å²) in [5.41, 5.74) is -0.186. The maximum atomic E-state index is 13.1. The van der Waals surface area contributed by atoms with Crippen molar-refractivity contribution in [3.63, 3.8) is 0 Å². The third-order valence-electron chi connectivity index (χ3n) is 3.25. The highest BCUT2D eigenvalue weighted by molar-refractivity contribution is 7.71. The van der Waals surface area contributed by atoms with Gasteiger partial charge >= 0.3 is 6.18 Å². The SMILES string of the molecule is FC(F)(F)c1ccccc1-c1cc(=S)nc(C2CC2)[nH]1. The molecule has 0 radical (unpaired) electrons. The van der Waals surface area contributed by atoms with Crippen LogP contribution in [0.4, 0.5) is 13.2 Å². The van der Waals surface area contributed by atoms with Crippen molar-refractivity contribution in [2.24, 2.45) is 0 Å². The normalized spacial score (nSPS) is 15.3. The highest BCUT2D eigenvalue weighted by atomic mass is 32.1. The van der Waals surface area contributed by atoms with Crippen LogP contribution in [0.3, 0.4) is 0 Å². The molecule has 1 aliphatic rings. The zero-order chi connectivity index (χ0) is 14.3. The van der Waals surface area contributed by atoms with E-state index in [9.17, 15) is 13.2 Å². The number of aromatic amines is 1. The van der Waals surface area contributed by atoms with E-state index in [0.29, 0.717) is 22.1 Å². The smallest absolute Gasteiger partial charge is 0.343 e. The van der Waals surface area contributed by atoms with Gasteiger partial charge in [-0.05, 0) is 25.0 Å². The van der Waals surface area contributed by atoms with E-state index in [0.717, 1.165) is 18.9 Å². The molecule has 6 heteroatoms. The molecule has 1 aliphatic carbocycles. The van der Waals surface area contributed by atoms with Crippen LogP contribution in [-0.4, -0.2) is 9.97 Å². The van der Waals surface area contributed by atoms with Crippen molar-refractivity contribution in [2.75, 3.05) is 0 Å². The number of halogens is 3. The van der Waals surface area contributed by atoms with Gasteiger partial charge in [0.25, 0.3) is 0 Å². The molecule has 0 atom stereocenters. The average Bonchev–Trinajstić information content (AvgIpc) is 3.21. The Bertz CT molecular complexity index is 702. The predicted octanol–water partition coefficient (Wildman–Crippen LogP) is 4.70. The predicted molar refractivity (Wildman–Crippen MR) is 71.8 cm³/mol. The standard InChI is InChI=1S/C14H11F3N2S/c15-14(16,17)10-4-2-1-3-9(10)11-7-12(20)19-13(18-11)8-5-6-8/h1-4,7-8H,5-6H2,(H,18,19,20). The van der Waals surface area contributed by atoms with Crippen LogP contribution < -0.4 is 0 Å². The molecule has 3 rings (SSSR count). The Morgan fingerprint density at radius 3 is 2.55 bits per heavy atom. The number of nitrogens with zero attached hydrogens (tertiary/aromatic N) is 1. The summed E-state index contributed by atoms with van der Waals surface area (Å²) < 4.78 is 39.5. The second-order valence-electron chi connectivity index (χ2n) is 4.84. The summed E-state index contributed by atoms with van der Waals surface area (Å²) in [5, 5.41) is 0. The van der Waals surface area contributed by atoms with Crippen LogP contribution in [0.5, 0.6) is 0 Å². The third-order valence-corrected chi connectivity index (χ3v) is 3.46. The first-order valence-electron chi connectivity index (χ1n) is 6.23. The van der Waals surface area contributed by atoms with Crippen LogP contribution >= 0.6 is 12.2 Å². The van der Waals surface area contributed by atoms with Gasteiger partial charge in [-0.25, -0.2) is 4.98 Å². The maximum absolute atomic E-state index is 13.1. The number of hydrogen-bond acceptors (Lipinski definition) is 2. The highest BCUT2D eigenvalue weighted by Crippen LogP contribution is 2.40. The molecule has 1 aromatic heterocycles. The fourth-order valence-electron chi connectivity index (χ4n) is 2.14. The molecular weight excluding hydrogens is 285 g/mol. The van der Waals surface area contributed by atoms with Gasteiger partial charge in [-0.3, -0.25) is 0 Å². The van der Waals surface area contributed by atoms with Gasteiger partial charge in [0.05, 0.1) is 11.3 Å². The zero-order valence-electron chi connectivity index (χ0n) is 10.4. The largest absolute Gasteiger partial charge is 0.417 e. The van der Waals surface area contributed by atoms with Crippen LogP contribution in [-0.2, 0) is 6.18 Å². The minimum absolute atomic E-state index is 0.107. The number of hydrogen-bond donors (Lipinski definition) is 1. The number of rotatable bonds is 2. The van der Waals surface area contributed by atoms with Crippen LogP contribution in [0.1, 0.15) is 30.1 Å². The van der Waals surface area contributed by atoms with Crippen LogP contribution in [0.25, 0.3) is 11.3 Å². The molecule has 104 valence electrons. The van der Waals surface area contributed by atoms with Gasteiger partial charge in [-0.15, -0.1) is 0 Å². The number of benzene rings is 1. The fraction of sp³-hybridized carbons (Fsp3) is 0.286. The maximum Gasteiger partial charge on any atom is 0.417 e. The Labute approximate surface area is 118 Å². The first-order chi connectivity index (χ1) is 9.45. The molecule has 0 saturated heterocycles. The lowest BCUT2D eigenvalue weighted by Gasteiger charge is -2.13. The molecule has 0 spiro atoms. The van der Waals surface area contributed by atoms with Crippen molar-refractivity contribution < 1.29 is 13.2 Å². The van der Waals surface area contributed by atoms with Gasteiger partial charge in [0.15, 0.2) is 0 Å². The summed E-state index contributed by atoms with van der Waals surface area (Å²) in [4.78, 5) is 7.19. The van der Waals surface area contributed by atoms with E-state index >= 15 is 0 Å². The zero-order valence-corrected chi connectivity index (χ0v) is 11.2. The summed E-state index contributed by atoms with van der Waals surface area (Å²) in [5.74, 6) is 0.985. The molecule has 0 aliphatic heterocycles. The quantitative estimate of drug-likeness (QED) is 0.814.